The number of amides is 5. The molecule has 0 spiro atoms. The van der Waals surface area contributed by atoms with Gasteiger partial charge < -0.3 is 41.2 Å². The summed E-state index contributed by atoms with van der Waals surface area (Å²) >= 11 is 12.2. The van der Waals surface area contributed by atoms with Crippen LogP contribution in [0.2, 0.25) is 10.0 Å². The summed E-state index contributed by atoms with van der Waals surface area (Å²) in [6.07, 6.45) is -0.857. The van der Waals surface area contributed by atoms with Crippen LogP contribution in [0, 0.1) is 13.8 Å². The molecule has 0 heterocycles. The van der Waals surface area contributed by atoms with Crippen LogP contribution in [0.3, 0.4) is 0 Å². The number of methoxy groups -OCH3 is 2. The van der Waals surface area contributed by atoms with E-state index in [9.17, 15) is 43.2 Å². The highest BCUT2D eigenvalue weighted by molar-refractivity contribution is 6.34. The highest BCUT2D eigenvalue weighted by atomic mass is 35.5. The molecule has 0 aliphatic heterocycles. The number of nitrogen functional groups attached to an aromatic ring is 1. The Hall–Kier alpha value is -7.31. The van der Waals surface area contributed by atoms with Gasteiger partial charge in [0.15, 0.2) is 11.6 Å². The van der Waals surface area contributed by atoms with Gasteiger partial charge >= 0.3 is 18.0 Å². The second kappa shape index (κ2) is 26.9. The Bertz CT molecular complexity index is 2500. The second-order valence-electron chi connectivity index (χ2n) is 16.3. The third-order valence-electron chi connectivity index (χ3n) is 9.71. The van der Waals surface area contributed by atoms with Gasteiger partial charge in [0.2, 0.25) is 0 Å². The summed E-state index contributed by atoms with van der Waals surface area (Å²) in [6, 6.07) is 20.4. The number of ketones is 2. The summed E-state index contributed by atoms with van der Waals surface area (Å²) in [5.74, 6) is -4.15. The number of ether oxygens (including phenoxy) is 3. The molecule has 5 amide bonds. The third kappa shape index (κ3) is 18.7. The summed E-state index contributed by atoms with van der Waals surface area (Å²) in [5, 5.41) is 13.2. The Morgan fingerprint density at radius 3 is 1.42 bits per heavy atom. The van der Waals surface area contributed by atoms with Crippen LogP contribution in [0.25, 0.3) is 0 Å². The van der Waals surface area contributed by atoms with Crippen molar-refractivity contribution in [1.82, 2.24) is 21.3 Å². The Balaban J connectivity index is 0.000000373. The Kier molecular flexibility index (Phi) is 21.8. The van der Waals surface area contributed by atoms with Crippen LogP contribution in [-0.2, 0) is 33.4 Å². The van der Waals surface area contributed by atoms with E-state index in [0.717, 1.165) is 0 Å². The number of carbonyl (C=O) groups excluding carboxylic acids is 9. The molecule has 20 heteroatoms. The zero-order chi connectivity index (χ0) is 51.4. The quantitative estimate of drug-likeness (QED) is 0.0341. The molecule has 69 heavy (non-hydrogen) atoms. The van der Waals surface area contributed by atoms with E-state index >= 15 is 0 Å². The SMILES string of the molecule is COC(=O)[C@H](CCC(=O)CNC(=O)c1cccc(N)c1)NC(=O)c1c(C)cccc1Cl.COC(=O)[C@H](CCC(=O)CNC(=O)c1cccc(NC(=O)OC(C)(C)C)c1)NC(=O)c1c(C)cccc1Cl. The molecule has 0 aromatic heterocycles. The van der Waals surface area contributed by atoms with Gasteiger partial charge in [-0.05, 0) is 107 Å². The van der Waals surface area contributed by atoms with Crippen LogP contribution in [0.5, 0.6) is 0 Å². The fourth-order valence-electron chi connectivity index (χ4n) is 6.27. The summed E-state index contributed by atoms with van der Waals surface area (Å²) in [7, 11) is 2.37. The van der Waals surface area contributed by atoms with E-state index < -0.39 is 59.3 Å². The maximum atomic E-state index is 12.7. The van der Waals surface area contributed by atoms with Crippen molar-refractivity contribution in [2.75, 3.05) is 38.4 Å². The molecule has 0 saturated heterocycles. The molecule has 0 unspecified atom stereocenters. The second-order valence-corrected chi connectivity index (χ2v) is 17.1. The lowest BCUT2D eigenvalue weighted by Gasteiger charge is -2.19. The van der Waals surface area contributed by atoms with Gasteiger partial charge in [-0.3, -0.25) is 34.1 Å². The predicted molar refractivity (Wildman–Crippen MR) is 259 cm³/mol. The van der Waals surface area contributed by atoms with Crippen LogP contribution in [-0.4, -0.2) is 98.2 Å². The number of hydrogen-bond donors (Lipinski definition) is 6. The van der Waals surface area contributed by atoms with Crippen molar-refractivity contribution in [1.29, 1.82) is 0 Å². The summed E-state index contributed by atoms with van der Waals surface area (Å²) < 4.78 is 14.7. The number of nitrogens with one attached hydrogen (secondary N) is 5. The molecule has 4 aromatic carbocycles. The van der Waals surface area contributed by atoms with E-state index in [0.29, 0.717) is 28.1 Å². The molecule has 0 saturated carbocycles. The first-order chi connectivity index (χ1) is 32.5. The van der Waals surface area contributed by atoms with E-state index in [-0.39, 0.29) is 77.1 Å². The van der Waals surface area contributed by atoms with Gasteiger partial charge in [0.05, 0.1) is 48.5 Å². The monoisotopic (exact) mass is 990 g/mol. The first kappa shape index (κ1) is 56.0. The number of esters is 2. The van der Waals surface area contributed by atoms with E-state index in [1.54, 1.807) is 101 Å². The van der Waals surface area contributed by atoms with Crippen molar-refractivity contribution < 1.29 is 57.4 Å². The van der Waals surface area contributed by atoms with Crippen LogP contribution < -0.4 is 32.3 Å². The Morgan fingerprint density at radius 1 is 0.594 bits per heavy atom. The molecule has 0 radical (unpaired) electrons. The average molecular weight is 992 g/mol. The number of anilines is 2. The summed E-state index contributed by atoms with van der Waals surface area (Å²) in [4.78, 5) is 111. The first-order valence-electron chi connectivity index (χ1n) is 21.4. The highest BCUT2D eigenvalue weighted by Gasteiger charge is 2.27. The van der Waals surface area contributed by atoms with Crippen LogP contribution >= 0.6 is 23.2 Å². The third-order valence-corrected chi connectivity index (χ3v) is 10.3. The number of Topliss-reactive ketones (excluding diaryl/α,β-unsaturated/α-hetero) is 2. The molecule has 4 rings (SSSR count). The smallest absolute Gasteiger partial charge is 0.412 e. The normalized spacial score (nSPS) is 11.5. The fourth-order valence-corrected chi connectivity index (χ4v) is 6.89. The minimum atomic E-state index is -1.08. The number of nitrogens with two attached hydrogens (primary N) is 1. The van der Waals surface area contributed by atoms with Crippen molar-refractivity contribution in [3.8, 4) is 0 Å². The van der Waals surface area contributed by atoms with Gasteiger partial charge in [0, 0.05) is 35.3 Å². The molecule has 0 aliphatic rings. The van der Waals surface area contributed by atoms with Crippen LogP contribution in [0.15, 0.2) is 84.9 Å². The minimum absolute atomic E-state index is 0.00883. The van der Waals surface area contributed by atoms with Gasteiger partial charge in [0.1, 0.15) is 17.7 Å². The molecule has 0 aliphatic carbocycles. The van der Waals surface area contributed by atoms with Crippen LogP contribution in [0.4, 0.5) is 16.2 Å². The number of hydrogen-bond acceptors (Lipinski definition) is 13. The predicted octanol–water partition coefficient (Wildman–Crippen LogP) is 6.33. The molecule has 4 aromatic rings. The van der Waals surface area contributed by atoms with Crippen molar-refractivity contribution in [2.45, 2.75) is 78.0 Å². The maximum Gasteiger partial charge on any atom is 0.412 e. The summed E-state index contributed by atoms with van der Waals surface area (Å²) in [5.41, 5.74) is 8.06. The van der Waals surface area contributed by atoms with Crippen molar-refractivity contribution in [3.05, 3.63) is 128 Å². The Morgan fingerprint density at radius 2 is 1.01 bits per heavy atom. The fraction of sp³-hybridized carbons (Fsp3) is 0.327. The van der Waals surface area contributed by atoms with E-state index in [4.69, 9.17) is 43.1 Å². The van der Waals surface area contributed by atoms with Crippen molar-refractivity contribution in [3.63, 3.8) is 0 Å². The van der Waals surface area contributed by atoms with Crippen molar-refractivity contribution >= 4 is 87.8 Å². The van der Waals surface area contributed by atoms with Crippen molar-refractivity contribution in [2.24, 2.45) is 0 Å². The lowest BCUT2D eigenvalue weighted by Crippen LogP contribution is -2.42. The van der Waals surface area contributed by atoms with E-state index in [1.807, 2.05) is 0 Å². The molecular formula is C49H56Cl2N6O12. The first-order valence-corrected chi connectivity index (χ1v) is 22.1. The summed E-state index contributed by atoms with van der Waals surface area (Å²) in [6.45, 7) is 8.11. The standard InChI is InChI=1S/C27H32ClN3O7.C22H24ClN3O5/c1-16-8-6-11-20(28)22(16)24(34)31-21(25(35)37-5)13-12-19(32)15-29-23(33)17-9-7-10-18(14-17)30-26(36)38-27(2,3)4;1-13-5-3-8-17(23)19(13)21(29)26-18(22(30)31-2)10-9-16(27)12-25-20(28)14-6-4-7-15(24)11-14/h6-11,14,21H,12-13,15H2,1-5H3,(H,29,33)(H,30,36)(H,31,34);3-8,11,18H,9-10,12,24H2,1-2H3,(H,25,28)(H,26,29)/t21-;18-/m00/s1. The van der Waals surface area contributed by atoms with Gasteiger partial charge in [-0.25, -0.2) is 14.4 Å². The molecular weight excluding hydrogens is 935 g/mol. The maximum absolute atomic E-state index is 12.7. The number of benzene rings is 4. The van der Waals surface area contributed by atoms with Gasteiger partial charge in [-0.1, -0.05) is 59.6 Å². The highest BCUT2D eigenvalue weighted by Crippen LogP contribution is 2.21. The van der Waals surface area contributed by atoms with Crippen LogP contribution in [0.1, 0.15) is 99.0 Å². The molecule has 0 fully saturated rings. The molecule has 18 nitrogen and oxygen atoms in total. The lowest BCUT2D eigenvalue weighted by molar-refractivity contribution is -0.144. The van der Waals surface area contributed by atoms with Gasteiger partial charge in [-0.15, -0.1) is 0 Å². The average Bonchev–Trinajstić information content (AvgIpc) is 3.29. The van der Waals surface area contributed by atoms with Gasteiger partial charge in [-0.2, -0.15) is 0 Å². The largest absolute Gasteiger partial charge is 0.467 e. The number of rotatable bonds is 19. The number of carbonyl (C=O) groups is 9. The molecule has 2 atom stereocenters. The topological polar surface area (TPSA) is 267 Å². The zero-order valence-corrected chi connectivity index (χ0v) is 40.7. The van der Waals surface area contributed by atoms with Gasteiger partial charge in [0.25, 0.3) is 23.6 Å². The number of aryl methyl sites for hydroxylation is 2. The minimum Gasteiger partial charge on any atom is -0.467 e. The number of halogens is 2. The molecule has 7 N–H and O–H groups in total. The molecule has 0 bridgehead atoms. The zero-order valence-electron chi connectivity index (χ0n) is 39.2. The van der Waals surface area contributed by atoms with E-state index in [2.05, 4.69) is 26.6 Å². The molecule has 368 valence electrons. The Labute approximate surface area is 409 Å². The lowest BCUT2D eigenvalue weighted by atomic mass is 10.1. The van der Waals surface area contributed by atoms with E-state index in [1.165, 1.54) is 32.4 Å².